The number of nitrogens with one attached hydrogen (secondary N) is 1. The number of benzene rings is 3. The van der Waals surface area contributed by atoms with E-state index in [1.807, 2.05) is 30.3 Å². The van der Waals surface area contributed by atoms with E-state index in [0.29, 0.717) is 33.9 Å². The van der Waals surface area contributed by atoms with Crippen LogP contribution in [0.25, 0.3) is 28.6 Å². The maximum absolute atomic E-state index is 12.6. The molecule has 0 aliphatic heterocycles. The van der Waals surface area contributed by atoms with Gasteiger partial charge in [-0.1, -0.05) is 47.4 Å². The van der Waals surface area contributed by atoms with Crippen molar-refractivity contribution in [2.45, 2.75) is 26.2 Å². The molecule has 174 valence electrons. The van der Waals surface area contributed by atoms with E-state index in [4.69, 9.17) is 20.8 Å². The summed E-state index contributed by atoms with van der Waals surface area (Å²) in [6.45, 7) is 4.36. The molecule has 1 amide bonds. The third-order valence-electron chi connectivity index (χ3n) is 5.67. The predicted molar refractivity (Wildman–Crippen MR) is 142 cm³/mol. The average molecular weight is 540 g/mol. The first-order valence-electron chi connectivity index (χ1n) is 10.9. The lowest BCUT2D eigenvalue weighted by atomic mass is 9.98. The number of amides is 1. The molecule has 0 fully saturated rings. The van der Waals surface area contributed by atoms with Crippen LogP contribution >= 0.6 is 27.5 Å². The van der Waals surface area contributed by atoms with Crippen LogP contribution < -0.4 is 10.1 Å². The molecule has 0 aliphatic rings. The number of ether oxygens (including phenoxy) is 1. The lowest BCUT2D eigenvalue weighted by Gasteiger charge is -2.07. The molecule has 1 heterocycles. The number of hydrogen-bond acceptors (Lipinski definition) is 4. The van der Waals surface area contributed by atoms with E-state index in [0.717, 1.165) is 27.5 Å². The number of carbonyl (C=O) groups excluding carboxylic acids is 1. The molecule has 1 unspecified atom stereocenters. The minimum atomic E-state index is -0.322. The summed E-state index contributed by atoms with van der Waals surface area (Å²) in [7, 11) is 1.59. The van der Waals surface area contributed by atoms with Crippen LogP contribution in [0.2, 0.25) is 5.02 Å². The second-order valence-electron chi connectivity index (χ2n) is 7.96. The summed E-state index contributed by atoms with van der Waals surface area (Å²) in [5.41, 5.74) is 4.71. The van der Waals surface area contributed by atoms with Gasteiger partial charge in [-0.05, 0) is 72.5 Å². The molecule has 4 aromatic rings. The molecule has 1 atom stereocenters. The maximum Gasteiger partial charge on any atom is 0.248 e. The standard InChI is InChI=1S/C27H24BrClN2O3/c1-4-16(2)17-6-10-25-23(14-17)31-27(34-25)19-5-9-21(29)22(15-19)30-26(32)12-7-18-13-20(28)8-11-24(18)33-3/h5-16H,4H2,1-3H3,(H,30,32). The summed E-state index contributed by atoms with van der Waals surface area (Å²) in [6.07, 6.45) is 4.18. The second kappa shape index (κ2) is 10.5. The molecule has 3 aromatic carbocycles. The van der Waals surface area contributed by atoms with Crippen molar-refractivity contribution >= 4 is 56.3 Å². The predicted octanol–water partition coefficient (Wildman–Crippen LogP) is 8.08. The molecular weight excluding hydrogens is 516 g/mol. The molecule has 1 aromatic heterocycles. The quantitative estimate of drug-likeness (QED) is 0.241. The second-order valence-corrected chi connectivity index (χ2v) is 9.28. The summed E-state index contributed by atoms with van der Waals surface area (Å²) < 4.78 is 12.2. The van der Waals surface area contributed by atoms with Gasteiger partial charge in [0.25, 0.3) is 0 Å². The lowest BCUT2D eigenvalue weighted by molar-refractivity contribution is -0.111. The van der Waals surface area contributed by atoms with Crippen LogP contribution in [0.3, 0.4) is 0 Å². The van der Waals surface area contributed by atoms with Crippen molar-refractivity contribution in [2.75, 3.05) is 12.4 Å². The van der Waals surface area contributed by atoms with E-state index in [-0.39, 0.29) is 5.91 Å². The molecule has 0 saturated carbocycles. The third kappa shape index (κ3) is 5.34. The maximum atomic E-state index is 12.6. The monoisotopic (exact) mass is 538 g/mol. The van der Waals surface area contributed by atoms with Gasteiger partial charge in [-0.15, -0.1) is 0 Å². The van der Waals surface area contributed by atoms with Crippen molar-refractivity contribution < 1.29 is 13.9 Å². The number of methoxy groups -OCH3 is 1. The summed E-state index contributed by atoms with van der Waals surface area (Å²) in [6, 6.07) is 17.0. The van der Waals surface area contributed by atoms with Crippen LogP contribution in [0.4, 0.5) is 5.69 Å². The van der Waals surface area contributed by atoms with Crippen molar-refractivity contribution in [3.05, 3.63) is 81.3 Å². The smallest absolute Gasteiger partial charge is 0.248 e. The molecule has 0 radical (unpaired) electrons. The highest BCUT2D eigenvalue weighted by Crippen LogP contribution is 2.32. The SMILES string of the molecule is CCC(C)c1ccc2oc(-c3ccc(Cl)c(NC(=O)C=Cc4cc(Br)ccc4OC)c3)nc2c1. The van der Waals surface area contributed by atoms with E-state index in [1.165, 1.54) is 11.6 Å². The van der Waals surface area contributed by atoms with Gasteiger partial charge in [-0.2, -0.15) is 0 Å². The lowest BCUT2D eigenvalue weighted by Crippen LogP contribution is -2.08. The van der Waals surface area contributed by atoms with Crippen LogP contribution in [0.5, 0.6) is 5.75 Å². The fourth-order valence-corrected chi connectivity index (χ4v) is 4.08. The van der Waals surface area contributed by atoms with Gasteiger partial charge >= 0.3 is 0 Å². The van der Waals surface area contributed by atoms with E-state index in [2.05, 4.69) is 52.2 Å². The fourth-order valence-electron chi connectivity index (χ4n) is 3.54. The third-order valence-corrected chi connectivity index (χ3v) is 6.49. The van der Waals surface area contributed by atoms with Gasteiger partial charge in [0.1, 0.15) is 11.3 Å². The van der Waals surface area contributed by atoms with Gasteiger partial charge in [0.15, 0.2) is 5.58 Å². The molecule has 1 N–H and O–H groups in total. The summed E-state index contributed by atoms with van der Waals surface area (Å²) >= 11 is 9.78. The van der Waals surface area contributed by atoms with Gasteiger partial charge < -0.3 is 14.5 Å². The number of halogens is 2. The molecule has 0 spiro atoms. The highest BCUT2D eigenvalue weighted by molar-refractivity contribution is 9.10. The fraction of sp³-hybridized carbons (Fsp3) is 0.185. The largest absolute Gasteiger partial charge is 0.496 e. The zero-order valence-corrected chi connectivity index (χ0v) is 21.4. The van der Waals surface area contributed by atoms with E-state index < -0.39 is 0 Å². The minimum Gasteiger partial charge on any atom is -0.496 e. The van der Waals surface area contributed by atoms with Crippen molar-refractivity contribution in [2.24, 2.45) is 0 Å². The normalized spacial score (nSPS) is 12.3. The Morgan fingerprint density at radius 2 is 2.03 bits per heavy atom. The van der Waals surface area contributed by atoms with E-state index >= 15 is 0 Å². The highest BCUT2D eigenvalue weighted by Gasteiger charge is 2.13. The number of anilines is 1. The number of aromatic nitrogens is 1. The molecule has 0 bridgehead atoms. The molecule has 0 aliphatic carbocycles. The Morgan fingerprint density at radius 1 is 1.21 bits per heavy atom. The van der Waals surface area contributed by atoms with Gasteiger partial charge in [0, 0.05) is 21.7 Å². The van der Waals surface area contributed by atoms with Gasteiger partial charge in [-0.3, -0.25) is 4.79 Å². The Labute approximate surface area is 211 Å². The number of hydrogen-bond donors (Lipinski definition) is 1. The number of fused-ring (bicyclic) bond motifs is 1. The first-order valence-corrected chi connectivity index (χ1v) is 12.1. The van der Waals surface area contributed by atoms with Crippen molar-refractivity contribution in [1.29, 1.82) is 0 Å². The van der Waals surface area contributed by atoms with Crippen LogP contribution in [0, 0.1) is 0 Å². The molecule has 0 saturated heterocycles. The average Bonchev–Trinajstić information content (AvgIpc) is 3.27. The molecular formula is C27H24BrClN2O3. The van der Waals surface area contributed by atoms with Gasteiger partial charge in [0.2, 0.25) is 11.8 Å². The topological polar surface area (TPSA) is 64.4 Å². The van der Waals surface area contributed by atoms with E-state index in [9.17, 15) is 4.79 Å². The first kappa shape index (κ1) is 24.0. The van der Waals surface area contributed by atoms with Gasteiger partial charge in [-0.25, -0.2) is 4.98 Å². The zero-order chi connectivity index (χ0) is 24.2. The van der Waals surface area contributed by atoms with Crippen molar-refractivity contribution in [3.63, 3.8) is 0 Å². The Kier molecular flexibility index (Phi) is 7.39. The first-order chi connectivity index (χ1) is 16.4. The Balaban J connectivity index is 1.57. The Morgan fingerprint density at radius 3 is 2.79 bits per heavy atom. The number of rotatable bonds is 7. The summed E-state index contributed by atoms with van der Waals surface area (Å²) in [5.74, 6) is 1.27. The number of carbonyl (C=O) groups is 1. The number of nitrogens with zero attached hydrogens (tertiary/aromatic N) is 1. The summed E-state index contributed by atoms with van der Waals surface area (Å²) in [4.78, 5) is 17.3. The van der Waals surface area contributed by atoms with Crippen LogP contribution in [0.15, 0.2) is 69.6 Å². The van der Waals surface area contributed by atoms with Crippen molar-refractivity contribution in [3.8, 4) is 17.2 Å². The zero-order valence-electron chi connectivity index (χ0n) is 19.1. The minimum absolute atomic E-state index is 0.322. The molecule has 5 nitrogen and oxygen atoms in total. The molecule has 7 heteroatoms. The summed E-state index contributed by atoms with van der Waals surface area (Å²) in [5, 5.41) is 3.25. The Hall–Kier alpha value is -3.09. The number of oxazole rings is 1. The molecule has 4 rings (SSSR count). The van der Waals surface area contributed by atoms with Gasteiger partial charge in [0.05, 0.1) is 17.8 Å². The van der Waals surface area contributed by atoms with Crippen molar-refractivity contribution in [1.82, 2.24) is 4.98 Å². The highest BCUT2D eigenvalue weighted by atomic mass is 79.9. The van der Waals surface area contributed by atoms with Crippen LogP contribution in [0.1, 0.15) is 37.3 Å². The van der Waals surface area contributed by atoms with E-state index in [1.54, 1.807) is 25.3 Å². The Bertz CT molecular complexity index is 1380. The van der Waals surface area contributed by atoms with Crippen LogP contribution in [-0.4, -0.2) is 18.0 Å². The van der Waals surface area contributed by atoms with Crippen LogP contribution in [-0.2, 0) is 4.79 Å². The molecule has 34 heavy (non-hydrogen) atoms.